The van der Waals surface area contributed by atoms with Gasteiger partial charge in [0.2, 0.25) is 0 Å². The maximum atomic E-state index is 10.9. The molecule has 0 saturated carbocycles. The van der Waals surface area contributed by atoms with Crippen molar-refractivity contribution < 1.29 is 4.79 Å². The van der Waals surface area contributed by atoms with Crippen LogP contribution in [0.4, 0.5) is 0 Å². The number of rotatable bonds is 10. The molecule has 0 N–H and O–H groups in total. The van der Waals surface area contributed by atoms with Gasteiger partial charge in [0.1, 0.15) is 5.78 Å². The summed E-state index contributed by atoms with van der Waals surface area (Å²) >= 11 is 0. The summed E-state index contributed by atoms with van der Waals surface area (Å²) in [5.74, 6) is 2.08. The van der Waals surface area contributed by atoms with E-state index in [2.05, 4.69) is 20.8 Å². The van der Waals surface area contributed by atoms with Crippen LogP contribution in [-0.2, 0) is 4.79 Å². The van der Waals surface area contributed by atoms with Crippen molar-refractivity contribution in [2.45, 2.75) is 79.1 Å². The summed E-state index contributed by atoms with van der Waals surface area (Å²) in [6.07, 6.45) is 9.81. The Bertz CT molecular complexity index is 174. The van der Waals surface area contributed by atoms with E-state index in [1.807, 2.05) is 0 Å². The predicted molar refractivity (Wildman–Crippen MR) is 71.6 cm³/mol. The molecule has 1 heteroatoms. The van der Waals surface area contributed by atoms with Gasteiger partial charge < -0.3 is 4.79 Å². The van der Waals surface area contributed by atoms with E-state index >= 15 is 0 Å². The second-order valence-corrected chi connectivity index (χ2v) is 5.31. The molecule has 0 heterocycles. The molecule has 0 saturated heterocycles. The number of carbonyl (C=O) groups is 1. The van der Waals surface area contributed by atoms with Gasteiger partial charge in [0.15, 0.2) is 0 Å². The number of carbonyl (C=O) groups excluding carboxylic acids is 1. The smallest absolute Gasteiger partial charge is 0.129 e. The Kier molecular flexibility index (Phi) is 9.66. The highest BCUT2D eigenvalue weighted by atomic mass is 16.1. The first-order chi connectivity index (χ1) is 7.60. The first kappa shape index (κ1) is 15.7. The van der Waals surface area contributed by atoms with E-state index < -0.39 is 0 Å². The second-order valence-electron chi connectivity index (χ2n) is 5.31. The summed E-state index contributed by atoms with van der Waals surface area (Å²) in [7, 11) is 0. The molecular formula is C15H30O. The summed E-state index contributed by atoms with van der Waals surface area (Å²) in [6.45, 7) is 8.59. The summed E-state index contributed by atoms with van der Waals surface area (Å²) in [5, 5.41) is 0. The maximum absolute atomic E-state index is 10.9. The molecular weight excluding hydrogens is 196 g/mol. The van der Waals surface area contributed by atoms with Gasteiger partial charge in [-0.1, -0.05) is 59.3 Å². The second kappa shape index (κ2) is 9.86. The number of ketones is 1. The molecule has 2 unspecified atom stereocenters. The van der Waals surface area contributed by atoms with Crippen molar-refractivity contribution in [3.63, 3.8) is 0 Å². The Morgan fingerprint density at radius 3 is 2.12 bits per heavy atom. The lowest BCUT2D eigenvalue weighted by atomic mass is 9.91. The minimum absolute atomic E-state index is 0.342. The monoisotopic (exact) mass is 226 g/mol. The van der Waals surface area contributed by atoms with Crippen molar-refractivity contribution in [2.24, 2.45) is 11.8 Å². The summed E-state index contributed by atoms with van der Waals surface area (Å²) in [5.41, 5.74) is 0. The molecule has 0 fully saturated rings. The highest BCUT2D eigenvalue weighted by Crippen LogP contribution is 2.21. The van der Waals surface area contributed by atoms with E-state index in [-0.39, 0.29) is 0 Å². The third-order valence-corrected chi connectivity index (χ3v) is 3.72. The SMILES string of the molecule is CCC(C)CCCC(CC)CCCC(C)=O. The Balaban J connectivity index is 3.54. The molecule has 0 bridgehead atoms. The standard InChI is InChI=1S/C15H30O/c1-5-13(3)9-7-11-15(6-2)12-8-10-14(4)16/h13,15H,5-12H2,1-4H3. The normalized spacial score (nSPS) is 14.8. The Labute approximate surface area is 102 Å². The molecule has 0 rings (SSSR count). The lowest BCUT2D eigenvalue weighted by Crippen LogP contribution is -2.02. The maximum Gasteiger partial charge on any atom is 0.129 e. The first-order valence-corrected chi connectivity index (χ1v) is 7.09. The zero-order chi connectivity index (χ0) is 12.4. The molecule has 16 heavy (non-hydrogen) atoms. The molecule has 0 aromatic carbocycles. The van der Waals surface area contributed by atoms with Crippen LogP contribution in [0.5, 0.6) is 0 Å². The molecule has 0 aliphatic heterocycles. The Morgan fingerprint density at radius 2 is 1.62 bits per heavy atom. The minimum atomic E-state index is 0.342. The van der Waals surface area contributed by atoms with E-state index in [1.165, 1.54) is 38.5 Å². The van der Waals surface area contributed by atoms with Gasteiger partial charge in [-0.3, -0.25) is 0 Å². The third-order valence-electron chi connectivity index (χ3n) is 3.72. The average Bonchev–Trinajstić information content (AvgIpc) is 2.26. The number of hydrogen-bond acceptors (Lipinski definition) is 1. The first-order valence-electron chi connectivity index (χ1n) is 7.09. The Morgan fingerprint density at radius 1 is 1.00 bits per heavy atom. The molecule has 2 atom stereocenters. The van der Waals surface area contributed by atoms with Crippen LogP contribution in [-0.4, -0.2) is 5.78 Å². The zero-order valence-electron chi connectivity index (χ0n) is 11.7. The van der Waals surface area contributed by atoms with Crippen molar-refractivity contribution in [2.75, 3.05) is 0 Å². The van der Waals surface area contributed by atoms with Gasteiger partial charge in [-0.2, -0.15) is 0 Å². The highest BCUT2D eigenvalue weighted by molar-refractivity contribution is 5.75. The van der Waals surface area contributed by atoms with Crippen LogP contribution < -0.4 is 0 Å². The minimum Gasteiger partial charge on any atom is -0.300 e. The fourth-order valence-electron chi connectivity index (χ4n) is 2.15. The van der Waals surface area contributed by atoms with Crippen molar-refractivity contribution in [1.82, 2.24) is 0 Å². The van der Waals surface area contributed by atoms with E-state index in [0.717, 1.165) is 24.7 Å². The van der Waals surface area contributed by atoms with Crippen LogP contribution in [0, 0.1) is 11.8 Å². The van der Waals surface area contributed by atoms with Gasteiger partial charge in [0, 0.05) is 6.42 Å². The molecule has 0 spiro atoms. The molecule has 96 valence electrons. The van der Waals surface area contributed by atoms with Gasteiger partial charge in [-0.25, -0.2) is 0 Å². The van der Waals surface area contributed by atoms with Crippen molar-refractivity contribution in [1.29, 1.82) is 0 Å². The van der Waals surface area contributed by atoms with E-state index in [1.54, 1.807) is 6.92 Å². The Hall–Kier alpha value is -0.330. The number of hydrogen-bond donors (Lipinski definition) is 0. The highest BCUT2D eigenvalue weighted by Gasteiger charge is 2.07. The van der Waals surface area contributed by atoms with E-state index in [4.69, 9.17) is 0 Å². The van der Waals surface area contributed by atoms with Gasteiger partial charge in [0.05, 0.1) is 0 Å². The van der Waals surface area contributed by atoms with Gasteiger partial charge >= 0.3 is 0 Å². The predicted octanol–water partition coefficient (Wildman–Crippen LogP) is 4.99. The van der Waals surface area contributed by atoms with Crippen molar-refractivity contribution in [3.8, 4) is 0 Å². The topological polar surface area (TPSA) is 17.1 Å². The lowest BCUT2D eigenvalue weighted by molar-refractivity contribution is -0.117. The van der Waals surface area contributed by atoms with Gasteiger partial charge in [0.25, 0.3) is 0 Å². The van der Waals surface area contributed by atoms with E-state index in [0.29, 0.717) is 5.78 Å². The van der Waals surface area contributed by atoms with Gasteiger partial charge in [-0.05, 0) is 25.2 Å². The van der Waals surface area contributed by atoms with Crippen LogP contribution in [0.15, 0.2) is 0 Å². The lowest BCUT2D eigenvalue weighted by Gasteiger charge is -2.15. The third kappa shape index (κ3) is 8.94. The van der Waals surface area contributed by atoms with E-state index in [9.17, 15) is 4.79 Å². The zero-order valence-corrected chi connectivity index (χ0v) is 11.7. The molecule has 0 amide bonds. The molecule has 0 aliphatic rings. The van der Waals surface area contributed by atoms with Gasteiger partial charge in [-0.15, -0.1) is 0 Å². The van der Waals surface area contributed by atoms with Crippen molar-refractivity contribution in [3.05, 3.63) is 0 Å². The summed E-state index contributed by atoms with van der Waals surface area (Å²) in [6, 6.07) is 0. The van der Waals surface area contributed by atoms with Crippen LogP contribution >= 0.6 is 0 Å². The number of Topliss-reactive ketones (excluding diaryl/α,β-unsaturated/α-hetero) is 1. The van der Waals surface area contributed by atoms with Crippen molar-refractivity contribution >= 4 is 5.78 Å². The molecule has 1 nitrogen and oxygen atoms in total. The summed E-state index contributed by atoms with van der Waals surface area (Å²) in [4.78, 5) is 10.9. The molecule has 0 aromatic heterocycles. The van der Waals surface area contributed by atoms with Crippen LogP contribution in [0.1, 0.15) is 79.1 Å². The molecule has 0 aliphatic carbocycles. The molecule has 0 aromatic rings. The fourth-order valence-corrected chi connectivity index (χ4v) is 2.15. The quantitative estimate of drug-likeness (QED) is 0.513. The fraction of sp³-hybridized carbons (Fsp3) is 0.933. The average molecular weight is 226 g/mol. The van der Waals surface area contributed by atoms with Crippen LogP contribution in [0.3, 0.4) is 0 Å². The van der Waals surface area contributed by atoms with Crippen LogP contribution in [0.2, 0.25) is 0 Å². The summed E-state index contributed by atoms with van der Waals surface area (Å²) < 4.78 is 0. The largest absolute Gasteiger partial charge is 0.300 e. The van der Waals surface area contributed by atoms with Crippen LogP contribution in [0.25, 0.3) is 0 Å². The molecule has 0 radical (unpaired) electrons.